The maximum atomic E-state index is 3.69. The highest BCUT2D eigenvalue weighted by molar-refractivity contribution is 8.01. The maximum Gasteiger partial charge on any atom is 0.0730 e. The first kappa shape index (κ1) is 8.81. The summed E-state index contributed by atoms with van der Waals surface area (Å²) in [5.41, 5.74) is 3.09. The molecule has 74 valence electrons. The van der Waals surface area contributed by atoms with Gasteiger partial charge in [0.2, 0.25) is 0 Å². The molecule has 1 unspecified atom stereocenters. The Morgan fingerprint density at radius 2 is 1.93 bits per heavy atom. The van der Waals surface area contributed by atoms with Gasteiger partial charge in [0.25, 0.3) is 0 Å². The summed E-state index contributed by atoms with van der Waals surface area (Å²) < 4.78 is 0. The number of hydrogen-bond acceptors (Lipinski definition) is 2. The van der Waals surface area contributed by atoms with Crippen molar-refractivity contribution in [3.63, 3.8) is 0 Å². The number of thioether (sulfide) groups is 1. The predicted molar refractivity (Wildman–Crippen MR) is 61.6 cm³/mol. The monoisotopic (exact) mass is 205 g/mol. The zero-order valence-electron chi connectivity index (χ0n) is 8.42. The van der Waals surface area contributed by atoms with E-state index in [1.807, 2.05) is 0 Å². The lowest BCUT2D eigenvalue weighted by Gasteiger charge is -2.22. The van der Waals surface area contributed by atoms with Gasteiger partial charge in [-0.25, -0.2) is 0 Å². The minimum atomic E-state index is 0.336. The molecule has 1 heterocycles. The van der Waals surface area contributed by atoms with Crippen LogP contribution in [0.2, 0.25) is 0 Å². The molecule has 1 aromatic rings. The van der Waals surface area contributed by atoms with E-state index in [-0.39, 0.29) is 0 Å². The van der Waals surface area contributed by atoms with Crippen LogP contribution in [0, 0.1) is 0 Å². The topological polar surface area (TPSA) is 12.0 Å². The highest BCUT2D eigenvalue weighted by Crippen LogP contribution is 2.43. The predicted octanol–water partition coefficient (Wildman–Crippen LogP) is 2.21. The van der Waals surface area contributed by atoms with Crippen molar-refractivity contribution in [1.82, 2.24) is 5.32 Å². The summed E-state index contributed by atoms with van der Waals surface area (Å²) in [4.78, 5) is 0.336. The Hall–Kier alpha value is -0.470. The van der Waals surface area contributed by atoms with Gasteiger partial charge >= 0.3 is 0 Å². The van der Waals surface area contributed by atoms with Gasteiger partial charge in [-0.15, -0.1) is 11.8 Å². The molecule has 0 saturated carbocycles. The van der Waals surface area contributed by atoms with Crippen molar-refractivity contribution in [3.05, 3.63) is 35.4 Å². The summed E-state index contributed by atoms with van der Waals surface area (Å²) in [6.07, 6.45) is 2.41. The molecule has 14 heavy (non-hydrogen) atoms. The minimum Gasteiger partial charge on any atom is -0.301 e. The lowest BCUT2D eigenvalue weighted by atomic mass is 10.1. The van der Waals surface area contributed by atoms with Crippen molar-refractivity contribution < 1.29 is 0 Å². The molecule has 2 aliphatic rings. The molecule has 1 spiro atoms. The quantitative estimate of drug-likeness (QED) is 0.697. The molecule has 0 amide bonds. The normalized spacial score (nSPS) is 28.2. The largest absolute Gasteiger partial charge is 0.301 e. The first-order chi connectivity index (χ1) is 6.77. The minimum absolute atomic E-state index is 0.336. The Morgan fingerprint density at radius 1 is 1.29 bits per heavy atom. The Bertz CT molecular complexity index is 336. The number of benzene rings is 1. The first-order valence-electron chi connectivity index (χ1n) is 5.27. The van der Waals surface area contributed by atoms with E-state index >= 15 is 0 Å². The number of fused-ring (bicyclic) bond motifs is 1. The van der Waals surface area contributed by atoms with Gasteiger partial charge in [-0.3, -0.25) is 0 Å². The molecule has 1 N–H and O–H groups in total. The van der Waals surface area contributed by atoms with E-state index in [0.717, 1.165) is 5.25 Å². The van der Waals surface area contributed by atoms with E-state index in [0.29, 0.717) is 4.87 Å². The molecule has 0 radical (unpaired) electrons. The van der Waals surface area contributed by atoms with Gasteiger partial charge in [0.15, 0.2) is 0 Å². The number of hydrogen-bond donors (Lipinski definition) is 1. The maximum absolute atomic E-state index is 3.69. The van der Waals surface area contributed by atoms with Gasteiger partial charge in [0.05, 0.1) is 4.87 Å². The molecule has 1 aliphatic heterocycles. The third-order valence-corrected chi connectivity index (χ3v) is 4.66. The Morgan fingerprint density at radius 3 is 2.43 bits per heavy atom. The molecule has 1 fully saturated rings. The zero-order chi connectivity index (χ0) is 9.60. The fraction of sp³-hybridized carbons (Fsp3) is 0.500. The zero-order valence-corrected chi connectivity index (χ0v) is 9.23. The van der Waals surface area contributed by atoms with Crippen molar-refractivity contribution in [1.29, 1.82) is 0 Å². The molecule has 0 aromatic heterocycles. The fourth-order valence-corrected chi connectivity index (χ4v) is 4.17. The number of rotatable bonds is 0. The summed E-state index contributed by atoms with van der Waals surface area (Å²) in [5.74, 6) is 0. The van der Waals surface area contributed by atoms with E-state index in [1.54, 1.807) is 11.1 Å². The van der Waals surface area contributed by atoms with Gasteiger partial charge in [0, 0.05) is 24.6 Å². The van der Waals surface area contributed by atoms with E-state index in [4.69, 9.17) is 0 Å². The summed E-state index contributed by atoms with van der Waals surface area (Å²) in [5, 5.41) is 4.46. The summed E-state index contributed by atoms with van der Waals surface area (Å²) in [6, 6.07) is 8.85. The highest BCUT2D eigenvalue weighted by atomic mass is 32.2. The molecule has 1 nitrogen and oxygen atoms in total. The van der Waals surface area contributed by atoms with Crippen LogP contribution in [0.3, 0.4) is 0 Å². The average Bonchev–Trinajstić information content (AvgIpc) is 2.69. The molecule has 1 saturated heterocycles. The second-order valence-electron chi connectivity index (χ2n) is 4.43. The van der Waals surface area contributed by atoms with E-state index in [1.165, 1.54) is 19.4 Å². The third kappa shape index (κ3) is 1.29. The Kier molecular flexibility index (Phi) is 1.89. The van der Waals surface area contributed by atoms with Crippen LogP contribution in [-0.2, 0) is 12.8 Å². The van der Waals surface area contributed by atoms with Gasteiger partial charge in [-0.05, 0) is 11.1 Å². The van der Waals surface area contributed by atoms with Crippen molar-refractivity contribution in [2.75, 3.05) is 6.54 Å². The smallest absolute Gasteiger partial charge is 0.0730 e. The Balaban J connectivity index is 1.91. The second-order valence-corrected chi connectivity index (χ2v) is 6.25. The van der Waals surface area contributed by atoms with Crippen LogP contribution in [-0.4, -0.2) is 16.7 Å². The number of nitrogens with one attached hydrogen (secondary N) is 1. The van der Waals surface area contributed by atoms with Gasteiger partial charge in [-0.1, -0.05) is 31.2 Å². The molecular formula is C12H15NS. The molecule has 2 heteroatoms. The molecule has 1 aromatic carbocycles. The van der Waals surface area contributed by atoms with Gasteiger partial charge in [-0.2, -0.15) is 0 Å². The summed E-state index contributed by atoms with van der Waals surface area (Å²) in [7, 11) is 0. The van der Waals surface area contributed by atoms with Crippen LogP contribution in [0.5, 0.6) is 0 Å². The van der Waals surface area contributed by atoms with Crippen molar-refractivity contribution >= 4 is 11.8 Å². The van der Waals surface area contributed by atoms with E-state index in [2.05, 4.69) is 48.3 Å². The SMILES string of the molecule is CC1CNC2(Cc3ccccc3C2)S1. The molecule has 0 bridgehead atoms. The van der Waals surface area contributed by atoms with Crippen LogP contribution < -0.4 is 5.32 Å². The van der Waals surface area contributed by atoms with E-state index < -0.39 is 0 Å². The molecule has 1 aliphatic carbocycles. The summed E-state index contributed by atoms with van der Waals surface area (Å²) >= 11 is 2.12. The Labute approximate surface area is 89.3 Å². The van der Waals surface area contributed by atoms with Crippen molar-refractivity contribution in [2.24, 2.45) is 0 Å². The molecular weight excluding hydrogens is 190 g/mol. The fourth-order valence-electron chi connectivity index (χ4n) is 2.59. The summed E-state index contributed by atoms with van der Waals surface area (Å²) in [6.45, 7) is 3.48. The second kappa shape index (κ2) is 3.01. The van der Waals surface area contributed by atoms with Crippen LogP contribution >= 0.6 is 11.8 Å². The lowest BCUT2D eigenvalue weighted by molar-refractivity contribution is 0.521. The molecule has 1 atom stereocenters. The lowest BCUT2D eigenvalue weighted by Crippen LogP contribution is -2.37. The van der Waals surface area contributed by atoms with Crippen LogP contribution in [0.15, 0.2) is 24.3 Å². The van der Waals surface area contributed by atoms with Crippen LogP contribution in [0.25, 0.3) is 0 Å². The average molecular weight is 205 g/mol. The van der Waals surface area contributed by atoms with Crippen molar-refractivity contribution in [3.8, 4) is 0 Å². The van der Waals surface area contributed by atoms with Gasteiger partial charge < -0.3 is 5.32 Å². The molecule has 3 rings (SSSR count). The standard InChI is InChI=1S/C12H15NS/c1-9-8-13-12(14-9)6-10-4-2-3-5-11(10)7-12/h2-5,9,13H,6-8H2,1H3. The van der Waals surface area contributed by atoms with Crippen molar-refractivity contribution in [2.45, 2.75) is 29.9 Å². The first-order valence-corrected chi connectivity index (χ1v) is 6.15. The van der Waals surface area contributed by atoms with Gasteiger partial charge in [0.1, 0.15) is 0 Å². The van der Waals surface area contributed by atoms with Crippen LogP contribution in [0.1, 0.15) is 18.1 Å². The van der Waals surface area contributed by atoms with E-state index in [9.17, 15) is 0 Å². The van der Waals surface area contributed by atoms with Crippen LogP contribution in [0.4, 0.5) is 0 Å². The third-order valence-electron chi connectivity index (χ3n) is 3.21. The highest BCUT2D eigenvalue weighted by Gasteiger charge is 2.42.